The highest BCUT2D eigenvalue weighted by atomic mass is 32.2. The zero-order valence-corrected chi connectivity index (χ0v) is 15.3. The van der Waals surface area contributed by atoms with Crippen molar-refractivity contribution in [2.75, 3.05) is 6.54 Å². The number of hydrogen-bond acceptors (Lipinski definition) is 1. The summed E-state index contributed by atoms with van der Waals surface area (Å²) in [6, 6.07) is 19.0. The highest BCUT2D eigenvalue weighted by molar-refractivity contribution is 7.98. The van der Waals surface area contributed by atoms with E-state index in [9.17, 15) is 4.21 Å². The average Bonchev–Trinajstić information content (AvgIpc) is 2.61. The van der Waals surface area contributed by atoms with Crippen LogP contribution in [0.5, 0.6) is 0 Å². The molecule has 0 N–H and O–H groups in total. The van der Waals surface area contributed by atoms with Crippen molar-refractivity contribution in [3.05, 3.63) is 65.7 Å². The molecule has 0 aliphatic carbocycles. The molecule has 0 bridgehead atoms. The molecule has 128 valence electrons. The van der Waals surface area contributed by atoms with Gasteiger partial charge >= 0.3 is 0 Å². The van der Waals surface area contributed by atoms with Gasteiger partial charge < -0.3 is 0 Å². The molecule has 24 heavy (non-hydrogen) atoms. The topological polar surface area (TPSA) is 20.3 Å². The number of benzene rings is 2. The van der Waals surface area contributed by atoms with Gasteiger partial charge in [0.1, 0.15) is 0 Å². The summed E-state index contributed by atoms with van der Waals surface area (Å²) in [5, 5.41) is 0. The van der Waals surface area contributed by atoms with Crippen molar-refractivity contribution < 1.29 is 4.21 Å². The lowest BCUT2D eigenvalue weighted by atomic mass is 9.98. The van der Waals surface area contributed by atoms with Crippen molar-refractivity contribution in [1.29, 1.82) is 0 Å². The van der Waals surface area contributed by atoms with Gasteiger partial charge in [0.2, 0.25) is 0 Å². The molecule has 2 atom stereocenters. The van der Waals surface area contributed by atoms with Gasteiger partial charge in [0, 0.05) is 17.5 Å². The van der Waals surface area contributed by atoms with E-state index >= 15 is 0 Å². The van der Waals surface area contributed by atoms with Crippen molar-refractivity contribution in [2.24, 2.45) is 0 Å². The number of piperidine rings is 1. The Hall–Kier alpha value is -1.58. The van der Waals surface area contributed by atoms with Crippen molar-refractivity contribution in [3.63, 3.8) is 0 Å². The summed E-state index contributed by atoms with van der Waals surface area (Å²) >= 11 is 0. The maximum absolute atomic E-state index is 13.5. The van der Waals surface area contributed by atoms with E-state index in [-0.39, 0.29) is 0 Å². The van der Waals surface area contributed by atoms with E-state index in [1.54, 1.807) is 0 Å². The molecule has 1 saturated heterocycles. The summed E-state index contributed by atoms with van der Waals surface area (Å²) in [6.45, 7) is 2.94. The van der Waals surface area contributed by atoms with Gasteiger partial charge in [0.05, 0.1) is 9.71 Å². The molecule has 1 fully saturated rings. The first-order valence-corrected chi connectivity index (χ1v) is 10.5. The smallest absolute Gasteiger partial charge is 0.0561 e. The van der Waals surface area contributed by atoms with Gasteiger partial charge in [0.15, 0.2) is 0 Å². The number of aryl methyl sites for hydroxylation is 2. The normalized spacial score (nSPS) is 21.3. The molecule has 2 aromatic carbocycles. The van der Waals surface area contributed by atoms with Crippen molar-refractivity contribution >= 4 is 15.6 Å². The second-order valence-corrected chi connectivity index (χ2v) is 8.99. The second-order valence-electron chi connectivity index (χ2n) is 6.77. The van der Waals surface area contributed by atoms with E-state index in [1.165, 1.54) is 17.5 Å². The molecule has 2 nitrogen and oxygen atoms in total. The number of hydrogen-bond donors (Lipinski definition) is 0. The molecule has 1 heterocycles. The Morgan fingerprint density at radius 2 is 1.79 bits per heavy atom. The molecule has 0 saturated carbocycles. The van der Waals surface area contributed by atoms with E-state index in [2.05, 4.69) is 47.4 Å². The minimum absolute atomic E-state index is 0.352. The molecule has 3 rings (SSSR count). The molecule has 0 spiro atoms. The monoisotopic (exact) mass is 341 g/mol. The van der Waals surface area contributed by atoms with E-state index in [1.807, 2.05) is 24.3 Å². The molecule has 0 radical (unpaired) electrons. The van der Waals surface area contributed by atoms with Crippen molar-refractivity contribution in [1.82, 2.24) is 4.31 Å². The Bertz CT molecular complexity index is 750. The second kappa shape index (κ2) is 7.54. The van der Waals surface area contributed by atoms with Gasteiger partial charge in [-0.2, -0.15) is 0 Å². The van der Waals surface area contributed by atoms with E-state index in [0.29, 0.717) is 6.04 Å². The lowest BCUT2D eigenvalue weighted by molar-refractivity contribution is 0.251. The Balaban J connectivity index is 1.77. The largest absolute Gasteiger partial charge is 0.248 e. The van der Waals surface area contributed by atoms with Crippen LogP contribution in [0.1, 0.15) is 36.8 Å². The van der Waals surface area contributed by atoms with Crippen LogP contribution in [0.3, 0.4) is 0 Å². The molecule has 3 heteroatoms. The SMILES string of the molecule is C=S(=O)(c1ccc(C)cc1)N1CCCCC1CCc1ccccc1. The van der Waals surface area contributed by atoms with Crippen molar-refractivity contribution in [3.8, 4) is 0 Å². The van der Waals surface area contributed by atoms with Crippen LogP contribution in [-0.2, 0) is 16.1 Å². The van der Waals surface area contributed by atoms with E-state index < -0.39 is 9.71 Å². The number of rotatable bonds is 5. The predicted molar refractivity (Wildman–Crippen MR) is 104 cm³/mol. The quantitative estimate of drug-likeness (QED) is 0.735. The molecule has 0 amide bonds. The fourth-order valence-electron chi connectivity index (χ4n) is 3.52. The lowest BCUT2D eigenvalue weighted by Gasteiger charge is -2.38. The van der Waals surface area contributed by atoms with Crippen LogP contribution in [0.2, 0.25) is 0 Å². The third-order valence-corrected chi connectivity index (χ3v) is 7.20. The molecule has 2 aromatic rings. The fourth-order valence-corrected chi connectivity index (χ4v) is 5.46. The van der Waals surface area contributed by atoms with Gasteiger partial charge in [-0.25, -0.2) is 8.51 Å². The molecular weight excluding hydrogens is 314 g/mol. The van der Waals surface area contributed by atoms with Crippen LogP contribution in [0.25, 0.3) is 0 Å². The van der Waals surface area contributed by atoms with E-state index in [4.69, 9.17) is 0 Å². The van der Waals surface area contributed by atoms with Crippen LogP contribution in [0.15, 0.2) is 59.5 Å². The first-order valence-electron chi connectivity index (χ1n) is 8.82. The Kier molecular flexibility index (Phi) is 5.42. The molecule has 1 aliphatic rings. The summed E-state index contributed by atoms with van der Waals surface area (Å²) in [5.41, 5.74) is 2.54. The molecular formula is C21H27NOS. The maximum atomic E-state index is 13.5. The maximum Gasteiger partial charge on any atom is 0.0561 e. The first-order chi connectivity index (χ1) is 11.6. The summed E-state index contributed by atoms with van der Waals surface area (Å²) in [5.74, 6) is 4.15. The Morgan fingerprint density at radius 1 is 1.08 bits per heavy atom. The zero-order chi connectivity index (χ0) is 17.0. The summed E-state index contributed by atoms with van der Waals surface area (Å²) in [4.78, 5) is 0.861. The predicted octanol–water partition coefficient (Wildman–Crippen LogP) is 4.47. The average molecular weight is 342 g/mol. The van der Waals surface area contributed by atoms with E-state index in [0.717, 1.165) is 37.1 Å². The van der Waals surface area contributed by atoms with Gasteiger partial charge in [-0.3, -0.25) is 0 Å². The van der Waals surface area contributed by atoms with Crippen LogP contribution < -0.4 is 0 Å². The molecule has 1 aliphatic heterocycles. The highest BCUT2D eigenvalue weighted by Crippen LogP contribution is 2.28. The lowest BCUT2D eigenvalue weighted by Crippen LogP contribution is -2.43. The Labute approximate surface area is 146 Å². The van der Waals surface area contributed by atoms with Crippen LogP contribution >= 0.6 is 0 Å². The standard InChI is InChI=1S/C21H27NOS/c1-18-11-15-21(16-12-18)24(2,23)22-17-7-6-10-20(22)14-13-19-8-4-3-5-9-19/h3-5,8-9,11-12,15-16,20H,2,6-7,10,13-14,17H2,1H3. The minimum atomic E-state index is -2.40. The third kappa shape index (κ3) is 3.90. The first kappa shape index (κ1) is 17.2. The summed E-state index contributed by atoms with van der Waals surface area (Å²) in [6.07, 6.45) is 5.53. The van der Waals surface area contributed by atoms with Crippen LogP contribution in [0.4, 0.5) is 0 Å². The van der Waals surface area contributed by atoms with Gasteiger partial charge in [-0.1, -0.05) is 54.4 Å². The fraction of sp³-hybridized carbons (Fsp3) is 0.381. The van der Waals surface area contributed by atoms with Gasteiger partial charge in [0.25, 0.3) is 0 Å². The van der Waals surface area contributed by atoms with Crippen molar-refractivity contribution in [2.45, 2.75) is 50.0 Å². The Morgan fingerprint density at radius 3 is 2.50 bits per heavy atom. The molecule has 2 unspecified atom stereocenters. The summed E-state index contributed by atoms with van der Waals surface area (Å²) in [7, 11) is -2.40. The van der Waals surface area contributed by atoms with Gasteiger partial charge in [-0.05, 0) is 56.2 Å². The summed E-state index contributed by atoms with van der Waals surface area (Å²) < 4.78 is 15.7. The third-order valence-electron chi connectivity index (χ3n) is 4.95. The number of nitrogens with zero attached hydrogens (tertiary/aromatic N) is 1. The molecule has 0 aromatic heterocycles. The zero-order valence-electron chi connectivity index (χ0n) is 14.5. The van der Waals surface area contributed by atoms with Crippen LogP contribution in [-0.4, -0.2) is 27.0 Å². The van der Waals surface area contributed by atoms with Gasteiger partial charge in [-0.15, -0.1) is 0 Å². The minimum Gasteiger partial charge on any atom is -0.248 e. The van der Waals surface area contributed by atoms with Crippen LogP contribution in [0, 0.1) is 6.92 Å². The highest BCUT2D eigenvalue weighted by Gasteiger charge is 2.29.